The second-order valence-corrected chi connectivity index (χ2v) is 12.5. The predicted molar refractivity (Wildman–Crippen MR) is 126 cm³/mol. The summed E-state index contributed by atoms with van der Waals surface area (Å²) in [6.07, 6.45) is 9.96. The molecule has 0 bridgehead atoms. The van der Waals surface area contributed by atoms with Gasteiger partial charge >= 0.3 is 0 Å². The number of nitrogens with one attached hydrogen (secondary N) is 1. The van der Waals surface area contributed by atoms with Gasteiger partial charge in [-0.05, 0) is 87.5 Å². The summed E-state index contributed by atoms with van der Waals surface area (Å²) in [5, 5.41) is 15.8. The molecule has 4 aliphatic carbocycles. The SMILES string of the molecule is CC(=O)[C@@]1(O)CC[C@H]2[C@@H]3CCC4=C/C(=N\NC(=O)C[N+](C)(C)C)CC[C@]4(C)[C@H]3CC[C@@]21C. The van der Waals surface area contributed by atoms with Gasteiger partial charge in [-0.1, -0.05) is 19.4 Å². The number of aliphatic hydroxyl groups is 1. The summed E-state index contributed by atoms with van der Waals surface area (Å²) in [6.45, 7) is 6.59. The molecule has 0 aromatic heterocycles. The minimum Gasteiger partial charge on any atom is -0.382 e. The lowest BCUT2D eigenvalue weighted by Crippen LogP contribution is -2.57. The van der Waals surface area contributed by atoms with Gasteiger partial charge in [0.1, 0.15) is 5.60 Å². The molecule has 0 aromatic rings. The molecule has 0 aromatic carbocycles. The Bertz CT molecular complexity index is 872. The van der Waals surface area contributed by atoms with E-state index in [1.165, 1.54) is 5.57 Å². The number of likely N-dealkylation sites (N-methyl/N-ethyl adjacent to an activating group) is 1. The van der Waals surface area contributed by atoms with Gasteiger partial charge in [-0.3, -0.25) is 9.59 Å². The quantitative estimate of drug-likeness (QED) is 0.515. The fourth-order valence-electron chi connectivity index (χ4n) is 7.85. The van der Waals surface area contributed by atoms with Crippen LogP contribution >= 0.6 is 0 Å². The molecule has 0 aliphatic heterocycles. The number of hydrogen-bond acceptors (Lipinski definition) is 4. The highest BCUT2D eigenvalue weighted by molar-refractivity contribution is 5.97. The van der Waals surface area contributed by atoms with E-state index in [1.54, 1.807) is 6.92 Å². The molecule has 3 fully saturated rings. The maximum Gasteiger partial charge on any atom is 0.295 e. The lowest BCUT2D eigenvalue weighted by atomic mass is 9.46. The summed E-state index contributed by atoms with van der Waals surface area (Å²) in [4.78, 5) is 24.6. The van der Waals surface area contributed by atoms with Crippen LogP contribution in [0.4, 0.5) is 0 Å². The van der Waals surface area contributed by atoms with Crippen LogP contribution in [0.5, 0.6) is 0 Å². The van der Waals surface area contributed by atoms with E-state index in [9.17, 15) is 14.7 Å². The van der Waals surface area contributed by atoms with E-state index in [2.05, 4.69) is 30.5 Å². The number of hydrogen-bond donors (Lipinski definition) is 2. The average Bonchev–Trinajstić information content (AvgIpc) is 2.97. The van der Waals surface area contributed by atoms with Gasteiger partial charge in [-0.15, -0.1) is 0 Å². The van der Waals surface area contributed by atoms with E-state index in [4.69, 9.17) is 0 Å². The lowest BCUT2D eigenvalue weighted by Gasteiger charge is -2.59. The summed E-state index contributed by atoms with van der Waals surface area (Å²) < 4.78 is 0.581. The third-order valence-corrected chi connectivity index (χ3v) is 9.65. The van der Waals surface area contributed by atoms with E-state index in [0.717, 1.165) is 50.7 Å². The molecule has 178 valence electrons. The van der Waals surface area contributed by atoms with Crippen LogP contribution in [0.15, 0.2) is 16.8 Å². The summed E-state index contributed by atoms with van der Waals surface area (Å²) in [6, 6.07) is 0. The van der Waals surface area contributed by atoms with Gasteiger partial charge in [0.2, 0.25) is 0 Å². The monoisotopic (exact) mass is 444 g/mol. The van der Waals surface area contributed by atoms with Crippen molar-refractivity contribution in [1.29, 1.82) is 0 Å². The van der Waals surface area contributed by atoms with Crippen molar-refractivity contribution >= 4 is 17.4 Å². The molecule has 4 aliphatic rings. The molecule has 0 radical (unpaired) electrons. The van der Waals surface area contributed by atoms with Crippen molar-refractivity contribution < 1.29 is 19.2 Å². The zero-order valence-electron chi connectivity index (χ0n) is 20.8. The lowest BCUT2D eigenvalue weighted by molar-refractivity contribution is -0.862. The molecule has 0 heterocycles. The maximum absolute atomic E-state index is 12.4. The zero-order chi connectivity index (χ0) is 23.5. The normalized spacial score (nSPS) is 42.5. The maximum atomic E-state index is 12.4. The molecule has 0 spiro atoms. The number of rotatable bonds is 4. The Morgan fingerprint density at radius 3 is 2.44 bits per heavy atom. The van der Waals surface area contributed by atoms with Crippen LogP contribution in [-0.4, -0.2) is 60.3 Å². The number of nitrogens with zero attached hydrogens (tertiary/aromatic N) is 2. The van der Waals surface area contributed by atoms with Gasteiger partial charge in [0.05, 0.1) is 26.9 Å². The number of fused-ring (bicyclic) bond motifs is 5. The van der Waals surface area contributed by atoms with Gasteiger partial charge in [0.25, 0.3) is 5.91 Å². The van der Waals surface area contributed by atoms with E-state index in [-0.39, 0.29) is 22.5 Å². The standard InChI is InChI=1S/C26H41N3O3/c1-17(30)26(32)14-11-22-20-8-7-18-15-19(27-28-23(31)16-29(4,5)6)9-12-24(18,2)21(20)10-13-25(22,26)3/h15,20-22,32H,7-14,16H2,1-6H3/p+1/b27-19-/t20-,21+,22+,24+,25+,26+/m1/s1. The molecular formula is C26H42N3O3+. The molecule has 6 nitrogen and oxygen atoms in total. The number of hydrazone groups is 1. The fraction of sp³-hybridized carbons (Fsp3) is 0.808. The molecule has 2 N–H and O–H groups in total. The number of quaternary nitrogens is 1. The number of carbonyl (C=O) groups is 2. The first-order chi connectivity index (χ1) is 14.8. The molecule has 3 saturated carbocycles. The van der Waals surface area contributed by atoms with Crippen LogP contribution in [0.3, 0.4) is 0 Å². The summed E-state index contributed by atoms with van der Waals surface area (Å²) >= 11 is 0. The molecule has 6 heteroatoms. The Morgan fingerprint density at radius 1 is 1.09 bits per heavy atom. The third kappa shape index (κ3) is 3.67. The van der Waals surface area contributed by atoms with E-state index >= 15 is 0 Å². The largest absolute Gasteiger partial charge is 0.382 e. The average molecular weight is 445 g/mol. The molecule has 0 saturated heterocycles. The van der Waals surface area contributed by atoms with Crippen LogP contribution in [0, 0.1) is 28.6 Å². The second kappa shape index (κ2) is 7.76. The summed E-state index contributed by atoms with van der Waals surface area (Å²) in [5.41, 5.74) is 3.95. The van der Waals surface area contributed by atoms with Gasteiger partial charge in [0, 0.05) is 5.41 Å². The van der Waals surface area contributed by atoms with E-state index in [0.29, 0.717) is 35.2 Å². The topological polar surface area (TPSA) is 78.8 Å². The Balaban J connectivity index is 1.52. The Hall–Kier alpha value is -1.53. The third-order valence-electron chi connectivity index (χ3n) is 9.65. The van der Waals surface area contributed by atoms with Crippen molar-refractivity contribution in [2.45, 2.75) is 77.7 Å². The first kappa shape index (κ1) is 23.6. The highest BCUT2D eigenvalue weighted by Crippen LogP contribution is 2.67. The van der Waals surface area contributed by atoms with Crippen LogP contribution < -0.4 is 5.43 Å². The Labute approximate surface area is 193 Å². The minimum absolute atomic E-state index is 0.0469. The Morgan fingerprint density at radius 2 is 1.78 bits per heavy atom. The van der Waals surface area contributed by atoms with Crippen molar-refractivity contribution in [2.75, 3.05) is 27.7 Å². The van der Waals surface area contributed by atoms with Gasteiger partial charge < -0.3 is 9.59 Å². The fourth-order valence-corrected chi connectivity index (χ4v) is 7.85. The predicted octanol–water partition coefficient (Wildman–Crippen LogP) is 3.45. The summed E-state index contributed by atoms with van der Waals surface area (Å²) in [7, 11) is 5.99. The number of carbonyl (C=O) groups excluding carboxylic acids is 2. The van der Waals surface area contributed by atoms with Gasteiger partial charge in [-0.2, -0.15) is 5.10 Å². The minimum atomic E-state index is -1.14. The first-order valence-corrected chi connectivity index (χ1v) is 12.4. The van der Waals surface area contributed by atoms with Crippen molar-refractivity contribution in [2.24, 2.45) is 33.7 Å². The number of allylic oxidation sites excluding steroid dienone is 2. The van der Waals surface area contributed by atoms with Crippen LogP contribution in [0.25, 0.3) is 0 Å². The molecular weight excluding hydrogens is 402 g/mol. The Kier molecular flexibility index (Phi) is 5.73. The van der Waals surface area contributed by atoms with Crippen molar-refractivity contribution in [3.05, 3.63) is 11.6 Å². The second-order valence-electron chi connectivity index (χ2n) is 12.5. The van der Waals surface area contributed by atoms with Crippen LogP contribution in [-0.2, 0) is 9.59 Å². The highest BCUT2D eigenvalue weighted by Gasteiger charge is 2.65. The molecule has 4 rings (SSSR count). The first-order valence-electron chi connectivity index (χ1n) is 12.4. The van der Waals surface area contributed by atoms with Crippen LogP contribution in [0.1, 0.15) is 72.1 Å². The van der Waals surface area contributed by atoms with Crippen molar-refractivity contribution in [3.8, 4) is 0 Å². The molecule has 1 amide bonds. The van der Waals surface area contributed by atoms with Gasteiger partial charge in [-0.25, -0.2) is 5.43 Å². The van der Waals surface area contributed by atoms with E-state index < -0.39 is 5.60 Å². The van der Waals surface area contributed by atoms with Gasteiger partial charge in [0.15, 0.2) is 12.3 Å². The van der Waals surface area contributed by atoms with Crippen molar-refractivity contribution in [3.63, 3.8) is 0 Å². The number of ketones is 1. The number of amides is 1. The molecule has 0 unspecified atom stereocenters. The highest BCUT2D eigenvalue weighted by atomic mass is 16.3. The smallest absolute Gasteiger partial charge is 0.295 e. The number of Topliss-reactive ketones (excluding diaryl/α,β-unsaturated/α-hetero) is 1. The summed E-state index contributed by atoms with van der Waals surface area (Å²) in [5.74, 6) is 1.51. The molecule has 6 atom stereocenters. The zero-order valence-corrected chi connectivity index (χ0v) is 20.8. The molecule has 32 heavy (non-hydrogen) atoms. The van der Waals surface area contributed by atoms with E-state index in [1.807, 2.05) is 21.1 Å². The van der Waals surface area contributed by atoms with Crippen molar-refractivity contribution in [1.82, 2.24) is 5.43 Å². The van der Waals surface area contributed by atoms with Crippen LogP contribution in [0.2, 0.25) is 0 Å².